The molecule has 2 aromatic rings. The lowest BCUT2D eigenvalue weighted by Gasteiger charge is -2.13. The number of rotatable bonds is 5. The molecule has 146 valence electrons. The molecule has 2 saturated heterocycles. The van der Waals surface area contributed by atoms with Crippen LogP contribution in [0.4, 0.5) is 30.8 Å². The minimum absolute atomic E-state index is 0.0241. The van der Waals surface area contributed by atoms with Gasteiger partial charge in [0.1, 0.15) is 28.7 Å². The van der Waals surface area contributed by atoms with E-state index in [9.17, 15) is 18.0 Å². The van der Waals surface area contributed by atoms with Crippen LogP contribution in [0.2, 0.25) is 0 Å². The van der Waals surface area contributed by atoms with Crippen LogP contribution < -0.4 is 10.6 Å². The molecule has 5 aliphatic rings. The van der Waals surface area contributed by atoms with Gasteiger partial charge in [-0.15, -0.1) is 0 Å². The molecule has 5 fully saturated rings. The highest BCUT2D eigenvalue weighted by Crippen LogP contribution is 2.83. The summed E-state index contributed by atoms with van der Waals surface area (Å²) in [5, 5.41) is 10.1. The van der Waals surface area contributed by atoms with Crippen LogP contribution in [0.15, 0.2) is 12.3 Å². The van der Waals surface area contributed by atoms with Crippen molar-refractivity contribution in [3.8, 4) is 0 Å². The average Bonchev–Trinajstić information content (AvgIpc) is 3.58. The van der Waals surface area contributed by atoms with Crippen molar-refractivity contribution in [2.45, 2.75) is 36.6 Å². The number of carbonyl (C=O) groups is 1. The lowest BCUT2D eigenvalue weighted by Crippen LogP contribution is -2.22. The quantitative estimate of drug-likeness (QED) is 0.754. The Bertz CT molecular complexity index is 1020. The summed E-state index contributed by atoms with van der Waals surface area (Å²) in [6.45, 7) is 0. The van der Waals surface area contributed by atoms with Crippen LogP contribution in [0.1, 0.15) is 30.1 Å². The predicted molar refractivity (Wildman–Crippen MR) is 88.9 cm³/mol. The van der Waals surface area contributed by atoms with Gasteiger partial charge in [-0.1, -0.05) is 0 Å². The average molecular weight is 392 g/mol. The highest BCUT2D eigenvalue weighted by Gasteiger charge is 2.96. The largest absolute Gasteiger partial charge is 0.461 e. The highest BCUT2D eigenvalue weighted by atomic mass is 19.4. The van der Waals surface area contributed by atoms with E-state index in [0.717, 1.165) is 19.0 Å². The lowest BCUT2D eigenvalue weighted by molar-refractivity contribution is -0.139. The summed E-state index contributed by atoms with van der Waals surface area (Å²) < 4.78 is 46.2. The molecule has 11 heteroatoms. The summed E-state index contributed by atoms with van der Waals surface area (Å²) in [5.41, 5.74) is -0.886. The molecule has 2 aliphatic heterocycles. The van der Waals surface area contributed by atoms with E-state index in [2.05, 4.69) is 25.7 Å². The molecule has 2 N–H and O–H groups in total. The van der Waals surface area contributed by atoms with Gasteiger partial charge in [0.2, 0.25) is 5.95 Å². The van der Waals surface area contributed by atoms with Crippen molar-refractivity contribution in [3.63, 3.8) is 0 Å². The van der Waals surface area contributed by atoms with Crippen molar-refractivity contribution in [1.82, 2.24) is 19.7 Å². The summed E-state index contributed by atoms with van der Waals surface area (Å²) in [6, 6.07) is 1.97. The second-order valence-electron chi connectivity index (χ2n) is 7.71. The van der Waals surface area contributed by atoms with Gasteiger partial charge in [-0.05, 0) is 12.8 Å². The van der Waals surface area contributed by atoms with Crippen molar-refractivity contribution < 1.29 is 22.7 Å². The van der Waals surface area contributed by atoms with Crippen LogP contribution in [-0.4, -0.2) is 38.9 Å². The fraction of sp³-hybridized carbons (Fsp3) is 0.529. The third-order valence-electron chi connectivity index (χ3n) is 6.10. The van der Waals surface area contributed by atoms with Crippen molar-refractivity contribution >= 4 is 23.6 Å². The molecule has 0 radical (unpaired) electrons. The zero-order valence-electron chi connectivity index (χ0n) is 14.6. The Morgan fingerprint density at radius 1 is 1.32 bits per heavy atom. The van der Waals surface area contributed by atoms with E-state index in [4.69, 9.17) is 4.74 Å². The minimum Gasteiger partial charge on any atom is -0.461 e. The number of fused-ring (bicyclic) bond motifs is 1. The molecule has 2 bridgehead atoms. The van der Waals surface area contributed by atoms with Crippen molar-refractivity contribution in [2.24, 2.45) is 11.8 Å². The number of halogens is 3. The van der Waals surface area contributed by atoms with Crippen molar-refractivity contribution in [3.05, 3.63) is 23.5 Å². The number of carbonyl (C=O) groups excluding carboxylic acids is 1. The first-order chi connectivity index (χ1) is 13.4. The van der Waals surface area contributed by atoms with Gasteiger partial charge in [0.25, 0.3) is 0 Å². The molecule has 28 heavy (non-hydrogen) atoms. The van der Waals surface area contributed by atoms with E-state index in [1.807, 2.05) is 0 Å². The normalized spacial score (nSPS) is 32.0. The Hall–Kier alpha value is -2.85. The molecule has 4 heterocycles. The molecule has 4 atom stereocenters. The van der Waals surface area contributed by atoms with Gasteiger partial charge >= 0.3 is 12.1 Å². The Balaban J connectivity index is 1.34. The van der Waals surface area contributed by atoms with Crippen LogP contribution in [-0.2, 0) is 21.1 Å². The highest BCUT2D eigenvalue weighted by molar-refractivity contribution is 5.96. The maximum atomic E-state index is 13.0. The first-order valence-electron chi connectivity index (χ1n) is 9.06. The van der Waals surface area contributed by atoms with Gasteiger partial charge in [0.05, 0.1) is 11.7 Å². The maximum absolute atomic E-state index is 13.0. The van der Waals surface area contributed by atoms with E-state index in [-0.39, 0.29) is 41.7 Å². The molecule has 3 saturated carbocycles. The Kier molecular flexibility index (Phi) is 2.74. The second kappa shape index (κ2) is 4.76. The van der Waals surface area contributed by atoms with Crippen LogP contribution in [0.5, 0.6) is 0 Å². The monoisotopic (exact) mass is 392 g/mol. The fourth-order valence-electron chi connectivity index (χ4n) is 4.45. The third-order valence-corrected chi connectivity index (χ3v) is 6.10. The van der Waals surface area contributed by atoms with Crippen molar-refractivity contribution in [2.75, 3.05) is 17.7 Å². The standard InChI is InChI=1S/C17H15F3N6O2/c1-21-13-7(17(18,19)20)5-22-15(24-13)23-9-4-8(25-26(9)6-2-3-6)16-10-11(16)12(10)28-14(16)27/h4-6,10-12H,2-3H2,1H3,(H2,21,22,23,24)/t10-,11?,12?,16+/m1/s1. The molecular formula is C17H15F3N6O2. The van der Waals surface area contributed by atoms with E-state index in [1.165, 1.54) is 7.05 Å². The van der Waals surface area contributed by atoms with Crippen LogP contribution in [0, 0.1) is 11.8 Å². The topological polar surface area (TPSA) is 94.0 Å². The number of nitrogens with one attached hydrogen (secondary N) is 2. The molecule has 3 aliphatic carbocycles. The summed E-state index contributed by atoms with van der Waals surface area (Å²) in [4.78, 5) is 20.0. The van der Waals surface area contributed by atoms with E-state index in [1.54, 1.807) is 10.7 Å². The maximum Gasteiger partial charge on any atom is 0.421 e. The summed E-state index contributed by atoms with van der Waals surface area (Å²) in [7, 11) is 1.37. The van der Waals surface area contributed by atoms with Gasteiger partial charge in [-0.25, -0.2) is 9.67 Å². The van der Waals surface area contributed by atoms with Crippen molar-refractivity contribution in [1.29, 1.82) is 0 Å². The van der Waals surface area contributed by atoms with E-state index in [0.29, 0.717) is 11.5 Å². The zero-order valence-corrected chi connectivity index (χ0v) is 14.6. The Morgan fingerprint density at radius 3 is 2.64 bits per heavy atom. The molecule has 2 unspecified atom stereocenters. The number of ether oxygens (including phenoxy) is 1. The molecule has 0 spiro atoms. The molecule has 0 amide bonds. The number of hydrogen-bond donors (Lipinski definition) is 2. The van der Waals surface area contributed by atoms with Gasteiger partial charge in [-0.3, -0.25) is 4.79 Å². The first-order valence-corrected chi connectivity index (χ1v) is 9.06. The molecule has 0 aromatic carbocycles. The molecule has 7 rings (SSSR count). The van der Waals surface area contributed by atoms with Gasteiger partial charge in [-0.2, -0.15) is 23.3 Å². The van der Waals surface area contributed by atoms with E-state index >= 15 is 0 Å². The SMILES string of the molecule is CNc1nc(Nc2cc([C@@]34C(=O)OC5C3[C@H]54)nn2C2CC2)ncc1C(F)(F)F. The van der Waals surface area contributed by atoms with Crippen LogP contribution in [0.3, 0.4) is 0 Å². The van der Waals surface area contributed by atoms with E-state index < -0.39 is 17.2 Å². The molecular weight excluding hydrogens is 377 g/mol. The number of anilines is 3. The number of aromatic nitrogens is 4. The zero-order chi connectivity index (χ0) is 19.4. The number of alkyl halides is 3. The molecule has 2 aromatic heterocycles. The van der Waals surface area contributed by atoms with Crippen LogP contribution >= 0.6 is 0 Å². The third kappa shape index (κ3) is 1.91. The minimum atomic E-state index is -4.55. The second-order valence-corrected chi connectivity index (χ2v) is 7.71. The lowest BCUT2D eigenvalue weighted by atomic mass is 9.92. The summed E-state index contributed by atoms with van der Waals surface area (Å²) >= 11 is 0. The van der Waals surface area contributed by atoms with Gasteiger partial charge in [0, 0.05) is 31.1 Å². The number of hydrogen-bond acceptors (Lipinski definition) is 7. The summed E-state index contributed by atoms with van der Waals surface area (Å²) in [5.74, 6) is 0.518. The van der Waals surface area contributed by atoms with Gasteiger partial charge < -0.3 is 15.4 Å². The predicted octanol–water partition coefficient (Wildman–Crippen LogP) is 2.23. The summed E-state index contributed by atoms with van der Waals surface area (Å²) in [6.07, 6.45) is -1.85. The smallest absolute Gasteiger partial charge is 0.421 e. The number of esters is 1. The van der Waals surface area contributed by atoms with Gasteiger partial charge in [0.15, 0.2) is 0 Å². The Morgan fingerprint density at radius 2 is 2.07 bits per heavy atom. The Labute approximate surface area is 156 Å². The number of nitrogens with zero attached hydrogens (tertiary/aromatic N) is 4. The first kappa shape index (κ1) is 16.1. The molecule has 8 nitrogen and oxygen atoms in total. The van der Waals surface area contributed by atoms with Crippen LogP contribution in [0.25, 0.3) is 0 Å². The fourth-order valence-corrected chi connectivity index (χ4v) is 4.45.